The van der Waals surface area contributed by atoms with Crippen LogP contribution in [0.25, 0.3) is 0 Å². The average Bonchev–Trinajstić information content (AvgIpc) is 2.42. The van der Waals surface area contributed by atoms with Crippen LogP contribution in [0.3, 0.4) is 0 Å². The highest BCUT2D eigenvalue weighted by Crippen LogP contribution is 2.15. The van der Waals surface area contributed by atoms with Gasteiger partial charge in [0.15, 0.2) is 0 Å². The van der Waals surface area contributed by atoms with Crippen molar-refractivity contribution in [3.63, 3.8) is 0 Å². The van der Waals surface area contributed by atoms with Crippen molar-refractivity contribution in [1.82, 2.24) is 5.32 Å². The van der Waals surface area contributed by atoms with Gasteiger partial charge in [-0.05, 0) is 50.2 Å². The molecule has 3 heteroatoms. The minimum absolute atomic E-state index is 0.0622. The van der Waals surface area contributed by atoms with E-state index < -0.39 is 0 Å². The number of benzene rings is 2. The van der Waals surface area contributed by atoms with Gasteiger partial charge in [0.25, 0.3) is 5.91 Å². The van der Waals surface area contributed by atoms with E-state index >= 15 is 0 Å². The number of hydrogen-bond acceptors (Lipinski definition) is 2. The number of amides is 1. The van der Waals surface area contributed by atoms with Crippen LogP contribution >= 0.6 is 0 Å². The molecule has 0 fully saturated rings. The van der Waals surface area contributed by atoms with Gasteiger partial charge in [-0.15, -0.1) is 0 Å². The maximum absolute atomic E-state index is 12.3. The molecule has 0 aliphatic carbocycles. The fourth-order valence-electron chi connectivity index (χ4n) is 2.14. The normalized spacial score (nSPS) is 10.3. The first-order chi connectivity index (χ1) is 9.60. The molecule has 2 N–H and O–H groups in total. The molecule has 20 heavy (non-hydrogen) atoms. The van der Waals surface area contributed by atoms with Gasteiger partial charge in [-0.1, -0.05) is 29.8 Å². The van der Waals surface area contributed by atoms with E-state index in [4.69, 9.17) is 0 Å². The van der Waals surface area contributed by atoms with Gasteiger partial charge in [-0.2, -0.15) is 0 Å². The second kappa shape index (κ2) is 6.35. The molecule has 0 aliphatic heterocycles. The summed E-state index contributed by atoms with van der Waals surface area (Å²) in [4.78, 5) is 12.3. The Labute approximate surface area is 120 Å². The van der Waals surface area contributed by atoms with E-state index in [1.54, 1.807) is 0 Å². The fourth-order valence-corrected chi connectivity index (χ4v) is 2.14. The Morgan fingerprint density at radius 2 is 1.90 bits per heavy atom. The summed E-state index contributed by atoms with van der Waals surface area (Å²) >= 11 is 0. The summed E-state index contributed by atoms with van der Waals surface area (Å²) < 4.78 is 0. The van der Waals surface area contributed by atoms with Crippen LogP contribution in [-0.2, 0) is 6.54 Å². The van der Waals surface area contributed by atoms with Crippen molar-refractivity contribution >= 4 is 11.6 Å². The van der Waals surface area contributed by atoms with Crippen LogP contribution < -0.4 is 10.6 Å². The molecule has 0 saturated carbocycles. The molecule has 1 amide bonds. The first-order valence-corrected chi connectivity index (χ1v) is 6.72. The molecular formula is C17H20N2O. The third-order valence-electron chi connectivity index (χ3n) is 3.20. The van der Waals surface area contributed by atoms with Crippen molar-refractivity contribution < 1.29 is 4.79 Å². The lowest BCUT2D eigenvalue weighted by Gasteiger charge is -2.10. The Balaban J connectivity index is 2.19. The molecule has 0 bridgehead atoms. The van der Waals surface area contributed by atoms with Crippen LogP contribution in [-0.4, -0.2) is 13.0 Å². The molecule has 0 saturated heterocycles. The molecule has 3 nitrogen and oxygen atoms in total. The summed E-state index contributed by atoms with van der Waals surface area (Å²) in [6, 6.07) is 13.8. The predicted octanol–water partition coefficient (Wildman–Crippen LogP) is 3.28. The van der Waals surface area contributed by atoms with Gasteiger partial charge in [-0.3, -0.25) is 4.79 Å². The van der Waals surface area contributed by atoms with Crippen LogP contribution in [0.1, 0.15) is 27.0 Å². The van der Waals surface area contributed by atoms with Crippen molar-refractivity contribution in [2.24, 2.45) is 0 Å². The molecule has 0 atom stereocenters. The van der Waals surface area contributed by atoms with Crippen molar-refractivity contribution in [3.8, 4) is 0 Å². The summed E-state index contributed by atoms with van der Waals surface area (Å²) in [6.07, 6.45) is 0. The molecule has 0 spiro atoms. The number of hydrogen-bond donors (Lipinski definition) is 2. The molecule has 0 radical (unpaired) electrons. The van der Waals surface area contributed by atoms with E-state index in [1.165, 1.54) is 0 Å². The highest BCUT2D eigenvalue weighted by atomic mass is 16.1. The summed E-state index contributed by atoms with van der Waals surface area (Å²) in [5.74, 6) is -0.0622. The van der Waals surface area contributed by atoms with Crippen LogP contribution in [0.5, 0.6) is 0 Å². The molecule has 2 aromatic carbocycles. The highest BCUT2D eigenvalue weighted by Gasteiger charge is 2.09. The number of nitrogens with one attached hydrogen (secondary N) is 2. The molecule has 0 aliphatic rings. The van der Waals surface area contributed by atoms with Crippen molar-refractivity contribution in [1.29, 1.82) is 0 Å². The number of carbonyl (C=O) groups is 1. The molecule has 0 heterocycles. The largest absolute Gasteiger partial charge is 0.322 e. The lowest BCUT2D eigenvalue weighted by molar-refractivity contribution is 0.102. The Morgan fingerprint density at radius 3 is 2.65 bits per heavy atom. The fraction of sp³-hybridized carbons (Fsp3) is 0.235. The Hall–Kier alpha value is -2.13. The smallest absolute Gasteiger partial charge is 0.255 e. The zero-order valence-corrected chi connectivity index (χ0v) is 12.2. The van der Waals surface area contributed by atoms with Crippen LogP contribution in [0.4, 0.5) is 5.69 Å². The Bertz CT molecular complexity index is 620. The maximum atomic E-state index is 12.3. The molecule has 2 aromatic rings. The Morgan fingerprint density at radius 1 is 1.10 bits per heavy atom. The highest BCUT2D eigenvalue weighted by molar-refractivity contribution is 6.05. The van der Waals surface area contributed by atoms with Crippen molar-refractivity contribution in [3.05, 3.63) is 64.7 Å². The van der Waals surface area contributed by atoms with E-state index in [-0.39, 0.29) is 5.91 Å². The van der Waals surface area contributed by atoms with E-state index in [1.807, 2.05) is 63.4 Å². The van der Waals surface area contributed by atoms with E-state index in [2.05, 4.69) is 10.6 Å². The summed E-state index contributed by atoms with van der Waals surface area (Å²) in [7, 11) is 1.90. The predicted molar refractivity (Wildman–Crippen MR) is 83.1 cm³/mol. The third kappa shape index (κ3) is 3.45. The zero-order valence-electron chi connectivity index (χ0n) is 12.2. The number of carbonyl (C=O) groups excluding carboxylic acids is 1. The molecule has 2 rings (SSSR count). The van der Waals surface area contributed by atoms with Crippen molar-refractivity contribution in [2.75, 3.05) is 12.4 Å². The third-order valence-corrected chi connectivity index (χ3v) is 3.20. The topological polar surface area (TPSA) is 41.1 Å². The first-order valence-electron chi connectivity index (χ1n) is 6.72. The minimum Gasteiger partial charge on any atom is -0.322 e. The standard InChI is InChI=1S/C17H20N2O/c1-12-7-8-13(2)16(9-12)17(20)19-15-6-4-5-14(10-15)11-18-3/h4-10,18H,11H2,1-3H3,(H,19,20). The van der Waals surface area contributed by atoms with Gasteiger partial charge >= 0.3 is 0 Å². The zero-order chi connectivity index (χ0) is 14.5. The number of anilines is 1. The van der Waals surface area contributed by atoms with Gasteiger partial charge in [0.1, 0.15) is 0 Å². The second-order valence-electron chi connectivity index (χ2n) is 5.00. The molecule has 0 unspecified atom stereocenters. The molecular weight excluding hydrogens is 248 g/mol. The van der Waals surface area contributed by atoms with E-state index in [0.717, 1.165) is 34.5 Å². The summed E-state index contributed by atoms with van der Waals surface area (Å²) in [6.45, 7) is 4.72. The average molecular weight is 268 g/mol. The van der Waals surface area contributed by atoms with Gasteiger partial charge in [0.05, 0.1) is 0 Å². The van der Waals surface area contributed by atoms with Gasteiger partial charge < -0.3 is 10.6 Å². The second-order valence-corrected chi connectivity index (χ2v) is 5.00. The number of aryl methyl sites for hydroxylation is 2. The van der Waals surface area contributed by atoms with Gasteiger partial charge in [0, 0.05) is 17.8 Å². The van der Waals surface area contributed by atoms with Gasteiger partial charge in [-0.25, -0.2) is 0 Å². The SMILES string of the molecule is CNCc1cccc(NC(=O)c2cc(C)ccc2C)c1. The lowest BCUT2D eigenvalue weighted by Crippen LogP contribution is -2.14. The first kappa shape index (κ1) is 14.3. The Kier molecular flexibility index (Phi) is 4.53. The van der Waals surface area contributed by atoms with Crippen LogP contribution in [0.2, 0.25) is 0 Å². The quantitative estimate of drug-likeness (QED) is 0.893. The monoisotopic (exact) mass is 268 g/mol. The molecule has 104 valence electrons. The molecule has 0 aromatic heterocycles. The maximum Gasteiger partial charge on any atom is 0.255 e. The minimum atomic E-state index is -0.0622. The number of rotatable bonds is 4. The van der Waals surface area contributed by atoms with Crippen LogP contribution in [0, 0.1) is 13.8 Å². The lowest BCUT2D eigenvalue weighted by atomic mass is 10.0. The summed E-state index contributed by atoms with van der Waals surface area (Å²) in [5, 5.41) is 6.06. The van der Waals surface area contributed by atoms with Crippen molar-refractivity contribution in [2.45, 2.75) is 20.4 Å². The van der Waals surface area contributed by atoms with E-state index in [9.17, 15) is 4.79 Å². The van der Waals surface area contributed by atoms with Crippen LogP contribution in [0.15, 0.2) is 42.5 Å². The van der Waals surface area contributed by atoms with E-state index in [0.29, 0.717) is 0 Å². The summed E-state index contributed by atoms with van der Waals surface area (Å²) in [5.41, 5.74) is 4.77. The van der Waals surface area contributed by atoms with Gasteiger partial charge in [0.2, 0.25) is 0 Å².